The first-order valence-corrected chi connectivity index (χ1v) is 19.2. The van der Waals surface area contributed by atoms with Crippen molar-refractivity contribution >= 4 is 43.5 Å². The molecule has 0 spiro atoms. The molecule has 0 aliphatic carbocycles. The molecule has 0 aliphatic rings. The molecule has 2 aromatic heterocycles. The van der Waals surface area contributed by atoms with Crippen molar-refractivity contribution in [2.24, 2.45) is 0 Å². The van der Waals surface area contributed by atoms with Gasteiger partial charge in [-0.3, -0.25) is 0 Å². The summed E-state index contributed by atoms with van der Waals surface area (Å²) < 4.78 is 6.67. The second-order valence-electron chi connectivity index (χ2n) is 14.3. The van der Waals surface area contributed by atoms with Gasteiger partial charge in [0.25, 0.3) is 0 Å². The van der Waals surface area contributed by atoms with Crippen LogP contribution in [0.1, 0.15) is 0 Å². The lowest BCUT2D eigenvalue weighted by Gasteiger charge is -2.13. The van der Waals surface area contributed by atoms with Crippen LogP contribution < -0.4 is 0 Å². The second kappa shape index (κ2) is 13.6. The molecular formula is C53H33N3O. The Bertz CT molecular complexity index is 3280. The largest absolute Gasteiger partial charge is 0.455 e. The summed E-state index contributed by atoms with van der Waals surface area (Å²) in [7, 11) is 0. The Kier molecular flexibility index (Phi) is 7.78. The molecule has 0 radical (unpaired) electrons. The van der Waals surface area contributed by atoms with E-state index in [9.17, 15) is 0 Å². The molecule has 0 amide bonds. The van der Waals surface area contributed by atoms with E-state index in [-0.39, 0.29) is 0 Å². The topological polar surface area (TPSA) is 51.8 Å². The third kappa shape index (κ3) is 5.74. The molecule has 0 fully saturated rings. The third-order valence-corrected chi connectivity index (χ3v) is 11.0. The Hall–Kier alpha value is -7.69. The zero-order valence-electron chi connectivity index (χ0n) is 30.8. The maximum atomic E-state index is 6.67. The van der Waals surface area contributed by atoms with Crippen LogP contribution in [-0.4, -0.2) is 15.0 Å². The molecule has 0 bridgehead atoms. The number of hydrogen-bond acceptors (Lipinski definition) is 4. The summed E-state index contributed by atoms with van der Waals surface area (Å²) >= 11 is 0. The number of rotatable bonds is 6. The van der Waals surface area contributed by atoms with Crippen LogP contribution >= 0.6 is 0 Å². The number of benzene rings is 9. The summed E-state index contributed by atoms with van der Waals surface area (Å²) in [5.74, 6) is 1.83. The molecule has 0 atom stereocenters. The van der Waals surface area contributed by atoms with Gasteiger partial charge in [-0.2, -0.15) is 0 Å². The Balaban J connectivity index is 1.11. The third-order valence-electron chi connectivity index (χ3n) is 11.0. The highest BCUT2D eigenvalue weighted by atomic mass is 16.3. The van der Waals surface area contributed by atoms with E-state index in [0.717, 1.165) is 77.4 Å². The van der Waals surface area contributed by atoms with Crippen LogP contribution in [0, 0.1) is 0 Å². The normalized spacial score (nSPS) is 11.5. The van der Waals surface area contributed by atoms with Crippen molar-refractivity contribution in [1.29, 1.82) is 0 Å². The van der Waals surface area contributed by atoms with Crippen LogP contribution in [-0.2, 0) is 0 Å². The highest BCUT2D eigenvalue weighted by Crippen LogP contribution is 2.43. The minimum atomic E-state index is 0.602. The van der Waals surface area contributed by atoms with E-state index >= 15 is 0 Å². The second-order valence-corrected chi connectivity index (χ2v) is 14.3. The highest BCUT2D eigenvalue weighted by molar-refractivity contribution is 6.16. The number of fused-ring (bicyclic) bond motifs is 6. The predicted octanol–water partition coefficient (Wildman–Crippen LogP) is 14.1. The molecule has 11 rings (SSSR count). The molecule has 2 heterocycles. The molecule has 266 valence electrons. The van der Waals surface area contributed by atoms with Gasteiger partial charge in [-0.25, -0.2) is 15.0 Å². The molecule has 0 unspecified atom stereocenters. The fourth-order valence-corrected chi connectivity index (χ4v) is 8.17. The fourth-order valence-electron chi connectivity index (χ4n) is 8.17. The van der Waals surface area contributed by atoms with Gasteiger partial charge >= 0.3 is 0 Å². The van der Waals surface area contributed by atoms with Gasteiger partial charge in [0.2, 0.25) is 0 Å². The average Bonchev–Trinajstić information content (AvgIpc) is 3.69. The molecule has 0 aliphatic heterocycles. The van der Waals surface area contributed by atoms with Crippen LogP contribution in [0.25, 0.3) is 111 Å². The molecule has 11 aromatic rings. The smallest absolute Gasteiger partial charge is 0.164 e. The van der Waals surface area contributed by atoms with Crippen LogP contribution in [0.3, 0.4) is 0 Å². The summed E-state index contributed by atoms with van der Waals surface area (Å²) in [4.78, 5) is 15.7. The van der Waals surface area contributed by atoms with Crippen LogP contribution in [0.5, 0.6) is 0 Å². The standard InChI is InChI=1S/C53H33N3O/c1-3-13-34(14-4-1)35-25-30-39(31-26-35)51-54-52(40-32-29-38-28-27-37-17-7-8-18-41(37)47(38)33-40)56-53(55-51)45-20-10-9-19-43(45)44-22-12-24-48-49(44)46-23-11-21-42(50(46)57-48)36-15-5-2-6-16-36/h1-33H. The Morgan fingerprint density at radius 1 is 0.298 bits per heavy atom. The lowest BCUT2D eigenvalue weighted by molar-refractivity contribution is 0.670. The van der Waals surface area contributed by atoms with Crippen LogP contribution in [0.2, 0.25) is 0 Å². The van der Waals surface area contributed by atoms with Crippen molar-refractivity contribution in [3.8, 4) is 67.5 Å². The summed E-state index contributed by atoms with van der Waals surface area (Å²) in [6.45, 7) is 0. The van der Waals surface area contributed by atoms with Gasteiger partial charge in [-0.05, 0) is 61.5 Å². The van der Waals surface area contributed by atoms with E-state index in [2.05, 4.69) is 188 Å². The Morgan fingerprint density at radius 3 is 1.63 bits per heavy atom. The lowest BCUT2D eigenvalue weighted by Crippen LogP contribution is -2.01. The monoisotopic (exact) mass is 727 g/mol. The van der Waals surface area contributed by atoms with E-state index in [1.807, 2.05) is 12.1 Å². The van der Waals surface area contributed by atoms with Crippen molar-refractivity contribution in [2.45, 2.75) is 0 Å². The first-order chi connectivity index (χ1) is 28.2. The van der Waals surface area contributed by atoms with Crippen molar-refractivity contribution in [3.63, 3.8) is 0 Å². The number of furan rings is 1. The first kappa shape index (κ1) is 32.7. The maximum absolute atomic E-state index is 6.67. The molecule has 0 saturated carbocycles. The van der Waals surface area contributed by atoms with E-state index in [1.54, 1.807) is 0 Å². The first-order valence-electron chi connectivity index (χ1n) is 19.2. The van der Waals surface area contributed by atoms with Crippen LogP contribution in [0.4, 0.5) is 0 Å². The number of nitrogens with zero attached hydrogens (tertiary/aromatic N) is 3. The van der Waals surface area contributed by atoms with Crippen molar-refractivity contribution in [1.82, 2.24) is 15.0 Å². The molecule has 57 heavy (non-hydrogen) atoms. The summed E-state index contributed by atoms with van der Waals surface area (Å²) in [5, 5.41) is 6.85. The average molecular weight is 728 g/mol. The molecular weight excluding hydrogens is 695 g/mol. The van der Waals surface area contributed by atoms with E-state index in [4.69, 9.17) is 19.4 Å². The van der Waals surface area contributed by atoms with Gasteiger partial charge in [0.15, 0.2) is 17.5 Å². The van der Waals surface area contributed by atoms with Crippen molar-refractivity contribution in [2.75, 3.05) is 0 Å². The Labute approximate surface area is 329 Å². The minimum absolute atomic E-state index is 0.602. The van der Waals surface area contributed by atoms with E-state index in [1.165, 1.54) is 16.2 Å². The molecule has 4 nitrogen and oxygen atoms in total. The quantitative estimate of drug-likeness (QED) is 0.160. The number of para-hydroxylation sites is 1. The molecule has 0 N–H and O–H groups in total. The van der Waals surface area contributed by atoms with Gasteiger partial charge < -0.3 is 4.42 Å². The van der Waals surface area contributed by atoms with Gasteiger partial charge in [0, 0.05) is 33.0 Å². The van der Waals surface area contributed by atoms with Crippen molar-refractivity contribution < 1.29 is 4.42 Å². The van der Waals surface area contributed by atoms with Gasteiger partial charge in [-0.15, -0.1) is 0 Å². The SMILES string of the molecule is c1ccc(-c2ccc(-c3nc(-c4ccc5ccc6ccccc6c5c4)nc(-c4ccccc4-c4cccc5oc6c(-c7ccccc7)cccc6c45)n3)cc2)cc1. The summed E-state index contributed by atoms with van der Waals surface area (Å²) in [6.07, 6.45) is 0. The van der Waals surface area contributed by atoms with E-state index < -0.39 is 0 Å². The Morgan fingerprint density at radius 2 is 0.825 bits per heavy atom. The molecule has 4 heteroatoms. The lowest BCUT2D eigenvalue weighted by atomic mass is 9.94. The number of aromatic nitrogens is 3. The fraction of sp³-hybridized carbons (Fsp3) is 0. The summed E-state index contributed by atoms with van der Waals surface area (Å²) in [5.41, 5.74) is 11.0. The van der Waals surface area contributed by atoms with Crippen LogP contribution in [0.15, 0.2) is 205 Å². The van der Waals surface area contributed by atoms with E-state index in [0.29, 0.717) is 17.5 Å². The predicted molar refractivity (Wildman–Crippen MR) is 235 cm³/mol. The minimum Gasteiger partial charge on any atom is -0.455 e. The molecule has 9 aromatic carbocycles. The van der Waals surface area contributed by atoms with Crippen molar-refractivity contribution in [3.05, 3.63) is 200 Å². The zero-order chi connectivity index (χ0) is 37.7. The molecule has 0 saturated heterocycles. The van der Waals surface area contributed by atoms with Gasteiger partial charge in [-0.1, -0.05) is 188 Å². The number of hydrogen-bond donors (Lipinski definition) is 0. The van der Waals surface area contributed by atoms with Gasteiger partial charge in [0.05, 0.1) is 0 Å². The maximum Gasteiger partial charge on any atom is 0.164 e. The zero-order valence-corrected chi connectivity index (χ0v) is 30.8. The highest BCUT2D eigenvalue weighted by Gasteiger charge is 2.20. The summed E-state index contributed by atoms with van der Waals surface area (Å²) in [6, 6.07) is 69.8. The van der Waals surface area contributed by atoms with Gasteiger partial charge in [0.1, 0.15) is 11.2 Å².